The Balaban J connectivity index is 0.000000640. The van der Waals surface area contributed by atoms with E-state index in [0.29, 0.717) is 46.8 Å². The van der Waals surface area contributed by atoms with Gasteiger partial charge in [0.05, 0.1) is 48.8 Å². The highest BCUT2D eigenvalue weighted by molar-refractivity contribution is 4.90. The fraction of sp³-hybridized carbons (Fsp3) is 1.00. The Labute approximate surface area is 702 Å². The van der Waals surface area contributed by atoms with Crippen molar-refractivity contribution in [3.8, 4) is 0 Å². The average Bonchev–Trinajstić information content (AvgIpc) is 0.816. The molecule has 24 atom stereocenters. The van der Waals surface area contributed by atoms with Gasteiger partial charge in [-0.1, -0.05) is 282 Å². The first-order valence-corrected chi connectivity index (χ1v) is 50.3. The van der Waals surface area contributed by atoms with Crippen LogP contribution in [-0.4, -0.2) is 89.7 Å². The third-order valence-corrected chi connectivity index (χ3v) is 28.4. The minimum absolute atomic E-state index is 0.00466. The van der Waals surface area contributed by atoms with E-state index in [1.54, 1.807) is 0 Å². The molecule has 0 amide bonds. The minimum Gasteiger partial charge on any atom is -0.393 e. The van der Waals surface area contributed by atoms with Gasteiger partial charge in [0.15, 0.2) is 0 Å². The maximum atomic E-state index is 10.2. The first-order chi connectivity index (χ1) is 52.9. The zero-order valence-electron chi connectivity index (χ0n) is 80.2. The van der Waals surface area contributed by atoms with Crippen molar-refractivity contribution in [2.75, 3.05) is 0 Å². The molecule has 0 aliphatic heterocycles. The van der Waals surface area contributed by atoms with Gasteiger partial charge >= 0.3 is 0 Å². The molecule has 672 valence electrons. The summed E-state index contributed by atoms with van der Waals surface area (Å²) in [7, 11) is 0. The smallest absolute Gasteiger partial charge is 0.0596 e. The van der Waals surface area contributed by atoms with E-state index in [1.165, 1.54) is 238 Å². The van der Waals surface area contributed by atoms with Gasteiger partial charge in [0, 0.05) is 0 Å². The summed E-state index contributed by atoms with van der Waals surface area (Å²) in [5.41, 5.74) is 0.362. The summed E-state index contributed by atoms with van der Waals surface area (Å²) in [6.45, 7) is 56.8. The van der Waals surface area contributed by atoms with Crippen LogP contribution >= 0.6 is 0 Å². The molecule has 8 aliphatic rings. The maximum absolute atomic E-state index is 10.2. The van der Waals surface area contributed by atoms with E-state index in [0.717, 1.165) is 159 Å². The summed E-state index contributed by atoms with van der Waals surface area (Å²) in [5.74, 6) is 17.0. The van der Waals surface area contributed by atoms with Gasteiger partial charge in [0.25, 0.3) is 0 Å². The largest absolute Gasteiger partial charge is 0.393 e. The van der Waals surface area contributed by atoms with Gasteiger partial charge < -0.3 is 40.9 Å². The molecule has 0 heterocycles. The normalized spacial score (nSPS) is 33.8. The van der Waals surface area contributed by atoms with Gasteiger partial charge in [-0.3, -0.25) is 0 Å². The summed E-state index contributed by atoms with van der Waals surface area (Å²) in [6.07, 6.45) is 57.6. The fourth-order valence-corrected chi connectivity index (χ4v) is 23.6. The van der Waals surface area contributed by atoms with E-state index in [1.807, 2.05) is 0 Å². The number of hydrogen-bond donors (Lipinski definition) is 8. The first kappa shape index (κ1) is 110. The Morgan fingerprint density at radius 3 is 1.13 bits per heavy atom. The van der Waals surface area contributed by atoms with Crippen molar-refractivity contribution in [2.45, 2.75) is 524 Å². The highest BCUT2D eigenvalue weighted by atomic mass is 16.3. The number of aliphatic hydroxyl groups is 8. The van der Waals surface area contributed by atoms with Crippen LogP contribution in [-0.2, 0) is 0 Å². The lowest BCUT2D eigenvalue weighted by molar-refractivity contribution is -0.0138. The molecule has 8 heteroatoms. The lowest BCUT2D eigenvalue weighted by Crippen LogP contribution is -2.39. The molecule has 8 aliphatic carbocycles. The second kappa shape index (κ2) is 62.7. The van der Waals surface area contributed by atoms with Crippen LogP contribution < -0.4 is 0 Å². The van der Waals surface area contributed by atoms with Crippen molar-refractivity contribution in [2.24, 2.45) is 142 Å². The van der Waals surface area contributed by atoms with Crippen LogP contribution in [0.4, 0.5) is 0 Å². The van der Waals surface area contributed by atoms with Crippen LogP contribution in [0.2, 0.25) is 0 Å². The Hall–Kier alpha value is -0.320. The van der Waals surface area contributed by atoms with Crippen molar-refractivity contribution in [3.05, 3.63) is 0 Å². The Morgan fingerprint density at radius 1 is 0.232 bits per heavy atom. The monoisotopic (exact) mass is 1590 g/mol. The van der Waals surface area contributed by atoms with E-state index in [4.69, 9.17) is 0 Å². The molecule has 0 aromatic heterocycles. The van der Waals surface area contributed by atoms with Gasteiger partial charge in [-0.15, -0.1) is 0 Å². The number of hydrogen-bond acceptors (Lipinski definition) is 8. The molecule has 0 aromatic carbocycles. The standard InChI is InChI=1S/8C13H26O/c1-5-7-10-11(13(2,3)4)8-6-9-12(10)14;1-4-6-11-7-5-8-13(14)12(11)9-10(2)3;1-4-6-11-7-5-8-12(13(11)14)9-10(2)3;1-4-5-11-7-12(6-10(2)3)9-13(14)8-11;1-4-5-11-9-13(14)7-6-12(11)8-10(2)3;1-4-5-11-6-7-13(14)9-12(11)8-10(2)3;1-4-5-11-6-7-13(14)12(9-11)8-10(2)3;1-4-5-11-6-7-12(8-10(2)3)13(14)9-11/h10-12,14H,5-9H2,1-4H3;7*10-14H,4-9H2,1-3H3. The summed E-state index contributed by atoms with van der Waals surface area (Å²) >= 11 is 0. The minimum atomic E-state index is -0.0343. The summed E-state index contributed by atoms with van der Waals surface area (Å²) in [6, 6.07) is 0. The highest BCUT2D eigenvalue weighted by Crippen LogP contribution is 2.46. The van der Waals surface area contributed by atoms with Gasteiger partial charge in [-0.05, 0) is 334 Å². The Morgan fingerprint density at radius 2 is 0.616 bits per heavy atom. The van der Waals surface area contributed by atoms with Crippen molar-refractivity contribution in [1.82, 2.24) is 0 Å². The molecular weight excluding hydrogens is 1380 g/mol. The SMILES string of the molecule is CCCC1C(O)CCCC1C(C)(C)C.CCCC1CC(O)CC(CC(C)C)C1.CCCC1CC(O)CCC1CC(C)C.CCCC1CCC(CC(C)C)C(O)C1.CCCC1CCC(O)C(CC(C)C)C1.CCCC1CCC(O)CC1CC(C)C.CCCC1CCCC(CC(C)C)C1O.CCCC1CCCC(O)C1CC(C)C. The number of aliphatic hydroxyl groups excluding tert-OH is 8. The van der Waals surface area contributed by atoms with Crippen molar-refractivity contribution < 1.29 is 40.9 Å². The first-order valence-electron chi connectivity index (χ1n) is 50.3. The van der Waals surface area contributed by atoms with Crippen LogP contribution in [0, 0.1) is 142 Å². The quantitative estimate of drug-likeness (QED) is 0.0353. The second-order valence-electron chi connectivity index (χ2n) is 43.8. The third kappa shape index (κ3) is 48.4. The van der Waals surface area contributed by atoms with E-state index >= 15 is 0 Å². The molecule has 8 rings (SSSR count). The molecule has 8 nitrogen and oxygen atoms in total. The third-order valence-electron chi connectivity index (χ3n) is 28.4. The molecule has 24 unspecified atom stereocenters. The molecule has 8 saturated carbocycles. The zero-order chi connectivity index (χ0) is 84.6. The molecule has 0 aromatic rings. The zero-order valence-corrected chi connectivity index (χ0v) is 80.2. The van der Waals surface area contributed by atoms with Crippen molar-refractivity contribution in [3.63, 3.8) is 0 Å². The van der Waals surface area contributed by atoms with E-state index in [2.05, 4.69) is 173 Å². The average molecular weight is 1590 g/mol. The number of rotatable bonds is 30. The summed E-state index contributed by atoms with van der Waals surface area (Å²) < 4.78 is 0. The lowest BCUT2D eigenvalue weighted by Gasteiger charge is -2.43. The molecule has 112 heavy (non-hydrogen) atoms. The molecule has 0 saturated heterocycles. The van der Waals surface area contributed by atoms with E-state index < -0.39 is 0 Å². The Bertz CT molecular complexity index is 2100. The topological polar surface area (TPSA) is 162 Å². The van der Waals surface area contributed by atoms with Crippen LogP contribution in [0.1, 0.15) is 475 Å². The summed E-state index contributed by atoms with van der Waals surface area (Å²) in [4.78, 5) is 0. The molecule has 8 fully saturated rings. The van der Waals surface area contributed by atoms with E-state index in [-0.39, 0.29) is 48.8 Å². The van der Waals surface area contributed by atoms with Gasteiger partial charge in [0.2, 0.25) is 0 Å². The molecule has 0 radical (unpaired) electrons. The summed E-state index contributed by atoms with van der Waals surface area (Å²) in [5, 5.41) is 79.3. The van der Waals surface area contributed by atoms with Crippen LogP contribution in [0.5, 0.6) is 0 Å². The van der Waals surface area contributed by atoms with Gasteiger partial charge in [-0.25, -0.2) is 0 Å². The van der Waals surface area contributed by atoms with Crippen molar-refractivity contribution in [1.29, 1.82) is 0 Å². The molecule has 8 N–H and O–H groups in total. The second-order valence-corrected chi connectivity index (χ2v) is 43.8. The van der Waals surface area contributed by atoms with Crippen LogP contribution in [0.15, 0.2) is 0 Å². The Kier molecular flexibility index (Phi) is 61.4. The van der Waals surface area contributed by atoms with Crippen LogP contribution in [0.3, 0.4) is 0 Å². The van der Waals surface area contributed by atoms with Crippen molar-refractivity contribution >= 4 is 0 Å². The lowest BCUT2D eigenvalue weighted by atomic mass is 9.64. The fourth-order valence-electron chi connectivity index (χ4n) is 23.6. The molecule has 0 bridgehead atoms. The predicted octanol–water partition coefficient (Wildman–Crippen LogP) is 28.9. The predicted molar refractivity (Wildman–Crippen MR) is 490 cm³/mol. The van der Waals surface area contributed by atoms with E-state index in [9.17, 15) is 40.9 Å². The van der Waals surface area contributed by atoms with Gasteiger partial charge in [0.1, 0.15) is 0 Å². The maximum Gasteiger partial charge on any atom is 0.0596 e. The highest BCUT2D eigenvalue weighted by Gasteiger charge is 2.40. The molecule has 0 spiro atoms. The van der Waals surface area contributed by atoms with Crippen LogP contribution in [0.25, 0.3) is 0 Å². The molecular formula is C104H208O8. The van der Waals surface area contributed by atoms with Gasteiger partial charge in [-0.2, -0.15) is 0 Å².